The summed E-state index contributed by atoms with van der Waals surface area (Å²) in [6.45, 7) is 0.588. The van der Waals surface area contributed by atoms with Crippen LogP contribution in [-0.4, -0.2) is 59.5 Å². The molecule has 0 radical (unpaired) electrons. The van der Waals surface area contributed by atoms with Crippen molar-refractivity contribution in [2.75, 3.05) is 19.7 Å². The van der Waals surface area contributed by atoms with Crippen molar-refractivity contribution in [2.45, 2.75) is 153 Å². The molecular formula is C39H66N6O4. The first-order chi connectivity index (χ1) is 24.0. The number of carbonyl (C=O) groups is 3. The second-order valence-electron chi connectivity index (χ2n) is 13.4. The number of hydrogen-bond donors (Lipinski definition) is 5. The Morgan fingerprint density at radius 1 is 0.694 bits per heavy atom. The summed E-state index contributed by atoms with van der Waals surface area (Å²) < 4.78 is 5.56. The van der Waals surface area contributed by atoms with E-state index in [2.05, 4.69) is 50.9 Å². The first-order valence-electron chi connectivity index (χ1n) is 19.2. The number of H-pyrrole nitrogens is 1. The highest BCUT2D eigenvalue weighted by Gasteiger charge is 2.28. The molecule has 10 heteroatoms. The van der Waals surface area contributed by atoms with Crippen LogP contribution in [0.2, 0.25) is 0 Å². The normalized spacial score (nSPS) is 12.4. The number of aryl methyl sites for hydroxylation is 1. The van der Waals surface area contributed by atoms with Crippen molar-refractivity contribution in [3.05, 3.63) is 54.1 Å². The average Bonchev–Trinajstić information content (AvgIpc) is 3.63. The third-order valence-corrected chi connectivity index (χ3v) is 9.06. The summed E-state index contributed by atoms with van der Waals surface area (Å²) in [5, 5.41) is 5.42. The second kappa shape index (κ2) is 28.6. The van der Waals surface area contributed by atoms with Gasteiger partial charge in [-0.15, -0.1) is 0 Å². The number of aromatic nitrogens is 2. The largest absolute Gasteiger partial charge is 0.464 e. The molecule has 0 spiro atoms. The van der Waals surface area contributed by atoms with Crippen molar-refractivity contribution in [3.63, 3.8) is 0 Å². The number of nitrogens with two attached hydrogens (primary N) is 2. The van der Waals surface area contributed by atoms with Gasteiger partial charge in [-0.3, -0.25) is 9.59 Å². The Labute approximate surface area is 295 Å². The van der Waals surface area contributed by atoms with Gasteiger partial charge in [0, 0.05) is 18.3 Å². The predicted octanol–water partition coefficient (Wildman–Crippen LogP) is 6.43. The van der Waals surface area contributed by atoms with Gasteiger partial charge in [0.15, 0.2) is 0 Å². The lowest BCUT2D eigenvalue weighted by Gasteiger charge is -2.22. The van der Waals surface area contributed by atoms with Gasteiger partial charge in [0.05, 0.1) is 19.5 Å². The lowest BCUT2D eigenvalue weighted by Crippen LogP contribution is -2.53. The van der Waals surface area contributed by atoms with Gasteiger partial charge in [-0.05, 0) is 50.6 Å². The Morgan fingerprint density at radius 3 is 1.80 bits per heavy atom. The maximum absolute atomic E-state index is 13.1. The summed E-state index contributed by atoms with van der Waals surface area (Å²) in [5.74, 6) is -1.38. The van der Waals surface area contributed by atoms with E-state index in [-0.39, 0.29) is 13.0 Å². The monoisotopic (exact) mass is 683 g/mol. The highest BCUT2D eigenvalue weighted by Crippen LogP contribution is 2.15. The van der Waals surface area contributed by atoms with Crippen molar-refractivity contribution < 1.29 is 19.1 Å². The number of esters is 1. The third kappa shape index (κ3) is 21.5. The van der Waals surface area contributed by atoms with Crippen molar-refractivity contribution >= 4 is 17.8 Å². The van der Waals surface area contributed by atoms with Crippen LogP contribution in [0.1, 0.15) is 140 Å². The zero-order chi connectivity index (χ0) is 35.2. The summed E-state index contributed by atoms with van der Waals surface area (Å²) >= 11 is 0. The topological polar surface area (TPSA) is 165 Å². The number of carbonyl (C=O) groups excluding carboxylic acids is 3. The van der Waals surface area contributed by atoms with E-state index in [9.17, 15) is 14.4 Å². The molecule has 2 amide bonds. The molecule has 10 nitrogen and oxygen atoms in total. The summed E-state index contributed by atoms with van der Waals surface area (Å²) in [6, 6.07) is 9.12. The fourth-order valence-electron chi connectivity index (χ4n) is 6.09. The fraction of sp³-hybridized carbons (Fsp3) is 0.692. The molecule has 1 heterocycles. The van der Waals surface area contributed by atoms with E-state index in [1.807, 2.05) is 0 Å². The number of nitrogens with one attached hydrogen (secondary N) is 3. The van der Waals surface area contributed by atoms with E-state index in [0.29, 0.717) is 31.7 Å². The van der Waals surface area contributed by atoms with Crippen molar-refractivity contribution in [1.29, 1.82) is 0 Å². The lowest BCUT2D eigenvalue weighted by atomic mass is 10.0. The van der Waals surface area contributed by atoms with Crippen LogP contribution in [0.5, 0.6) is 0 Å². The van der Waals surface area contributed by atoms with Crippen LogP contribution in [0.3, 0.4) is 0 Å². The van der Waals surface area contributed by atoms with Crippen LogP contribution < -0.4 is 22.1 Å². The van der Waals surface area contributed by atoms with E-state index < -0.39 is 29.9 Å². The summed E-state index contributed by atoms with van der Waals surface area (Å²) in [4.78, 5) is 44.9. The Morgan fingerprint density at radius 2 is 1.27 bits per heavy atom. The highest BCUT2D eigenvalue weighted by atomic mass is 16.5. The Kier molecular flexibility index (Phi) is 24.5. The molecule has 0 aliphatic carbocycles. The SMILES string of the molecule is NCCCC[C@H](NC(=O)[C@H](Cc1cnc[nH]1)NC(=O)CN)C(=O)OCCCCCCCCCCCCCCCCCCCc1ccccc1. The van der Waals surface area contributed by atoms with Gasteiger partial charge in [0.2, 0.25) is 11.8 Å². The standard InChI is InChI=1S/C39H66N6O4/c40-27-21-20-26-35(45-38(47)36(44-37(46)30-41)29-34-31-42-32-43-34)39(48)49-28-22-15-13-11-9-7-5-3-1-2-4-6-8-10-12-14-17-23-33-24-18-16-19-25-33/h16,18-19,24-25,31-32,35-36H,1-15,17,20-23,26-30,40-41H2,(H,42,43)(H,44,46)(H,45,47)/t35-,36-/m0/s1. The minimum Gasteiger partial charge on any atom is -0.464 e. The quantitative estimate of drug-likeness (QED) is 0.0452. The van der Waals surface area contributed by atoms with E-state index in [4.69, 9.17) is 16.2 Å². The average molecular weight is 683 g/mol. The molecule has 276 valence electrons. The van der Waals surface area contributed by atoms with Crippen LogP contribution in [0.4, 0.5) is 0 Å². The third-order valence-electron chi connectivity index (χ3n) is 9.06. The van der Waals surface area contributed by atoms with Gasteiger partial charge in [0.1, 0.15) is 12.1 Å². The Hall–Kier alpha value is -3.24. The summed E-state index contributed by atoms with van der Waals surface area (Å²) in [6.07, 6.45) is 28.1. The van der Waals surface area contributed by atoms with Gasteiger partial charge in [0.25, 0.3) is 0 Å². The number of nitrogens with zero attached hydrogens (tertiary/aromatic N) is 1. The van der Waals surface area contributed by atoms with E-state index in [1.165, 1.54) is 108 Å². The molecule has 2 atom stereocenters. The number of aromatic amines is 1. The first-order valence-corrected chi connectivity index (χ1v) is 19.2. The summed E-state index contributed by atoms with van der Waals surface area (Å²) in [5.41, 5.74) is 13.2. The van der Waals surface area contributed by atoms with Gasteiger partial charge in [-0.1, -0.05) is 127 Å². The Bertz CT molecular complexity index is 1100. The van der Waals surface area contributed by atoms with E-state index >= 15 is 0 Å². The number of imidazole rings is 1. The zero-order valence-corrected chi connectivity index (χ0v) is 30.1. The predicted molar refractivity (Wildman–Crippen MR) is 198 cm³/mol. The van der Waals surface area contributed by atoms with Gasteiger partial charge in [-0.25, -0.2) is 9.78 Å². The Balaban J connectivity index is 1.47. The molecular weight excluding hydrogens is 616 g/mol. The maximum atomic E-state index is 13.1. The molecule has 49 heavy (non-hydrogen) atoms. The summed E-state index contributed by atoms with van der Waals surface area (Å²) in [7, 11) is 0. The van der Waals surface area contributed by atoms with Crippen molar-refractivity contribution in [3.8, 4) is 0 Å². The van der Waals surface area contributed by atoms with Gasteiger partial charge in [-0.2, -0.15) is 0 Å². The lowest BCUT2D eigenvalue weighted by molar-refractivity contribution is -0.148. The smallest absolute Gasteiger partial charge is 0.328 e. The molecule has 1 aromatic heterocycles. The number of amides is 2. The van der Waals surface area contributed by atoms with Gasteiger partial charge < -0.3 is 31.8 Å². The van der Waals surface area contributed by atoms with Crippen LogP contribution in [0, 0.1) is 0 Å². The van der Waals surface area contributed by atoms with E-state index in [1.54, 1.807) is 6.20 Å². The van der Waals surface area contributed by atoms with Crippen LogP contribution in [0.15, 0.2) is 42.9 Å². The molecule has 1 aromatic carbocycles. The number of benzene rings is 1. The highest BCUT2D eigenvalue weighted by molar-refractivity contribution is 5.91. The molecule has 2 rings (SSSR count). The minimum absolute atomic E-state index is 0.193. The van der Waals surface area contributed by atoms with Crippen molar-refractivity contribution in [1.82, 2.24) is 20.6 Å². The molecule has 2 aromatic rings. The number of rotatable bonds is 31. The number of unbranched alkanes of at least 4 members (excludes halogenated alkanes) is 17. The fourth-order valence-corrected chi connectivity index (χ4v) is 6.09. The molecule has 7 N–H and O–H groups in total. The first kappa shape index (κ1) is 41.9. The zero-order valence-electron chi connectivity index (χ0n) is 30.1. The molecule has 0 saturated carbocycles. The minimum atomic E-state index is -0.901. The van der Waals surface area contributed by atoms with Crippen LogP contribution in [-0.2, 0) is 32.0 Å². The van der Waals surface area contributed by atoms with Gasteiger partial charge >= 0.3 is 5.97 Å². The molecule has 0 aliphatic rings. The molecule has 0 aliphatic heterocycles. The molecule has 0 bridgehead atoms. The molecule has 0 saturated heterocycles. The van der Waals surface area contributed by atoms with Crippen LogP contribution in [0.25, 0.3) is 0 Å². The number of ether oxygens (including phenoxy) is 1. The maximum Gasteiger partial charge on any atom is 0.328 e. The number of hydrogen-bond acceptors (Lipinski definition) is 7. The molecule has 0 unspecified atom stereocenters. The molecule has 0 fully saturated rings. The van der Waals surface area contributed by atoms with E-state index in [0.717, 1.165) is 25.7 Å². The second-order valence-corrected chi connectivity index (χ2v) is 13.4. The van der Waals surface area contributed by atoms with Crippen molar-refractivity contribution in [2.24, 2.45) is 11.5 Å². The van der Waals surface area contributed by atoms with Crippen LogP contribution >= 0.6 is 0 Å².